The average Bonchev–Trinajstić information content (AvgIpc) is 2.67. The number of nitrogens with zero attached hydrogens (tertiary/aromatic N) is 1. The summed E-state index contributed by atoms with van der Waals surface area (Å²) in [6.45, 7) is 8.06. The Balaban J connectivity index is 2.30. The number of carbonyl (C=O) groups excluding carboxylic acids is 2. The Morgan fingerprint density at radius 2 is 1.71 bits per heavy atom. The van der Waals surface area contributed by atoms with Gasteiger partial charge in [0.1, 0.15) is 17.6 Å². The highest BCUT2D eigenvalue weighted by Gasteiger charge is 2.18. The van der Waals surface area contributed by atoms with Crippen LogP contribution in [0.2, 0.25) is 0 Å². The summed E-state index contributed by atoms with van der Waals surface area (Å²) in [4.78, 5) is 38.3. The number of ether oxygens (including phenoxy) is 1. The van der Waals surface area contributed by atoms with Crippen LogP contribution >= 0.6 is 0 Å². The second-order valence-corrected chi connectivity index (χ2v) is 6.77. The van der Waals surface area contributed by atoms with Crippen LogP contribution in [-0.4, -0.2) is 31.4 Å². The van der Waals surface area contributed by atoms with E-state index in [-0.39, 0.29) is 12.2 Å². The maximum atomic E-state index is 12.3. The van der Waals surface area contributed by atoms with Crippen molar-refractivity contribution in [1.29, 1.82) is 0 Å². The molecule has 0 amide bonds. The normalized spacial score (nSPS) is 10.8. The van der Waals surface area contributed by atoms with Crippen LogP contribution in [0.15, 0.2) is 33.5 Å². The average molecular weight is 387 g/mol. The molecule has 1 aromatic heterocycles. The first-order valence-corrected chi connectivity index (χ1v) is 10.0. The lowest BCUT2D eigenvalue weighted by Crippen LogP contribution is -2.25. The highest BCUT2D eigenvalue weighted by molar-refractivity contribution is 6.06. The first-order chi connectivity index (χ1) is 13.5. The number of esters is 1. The number of hydrogen-bond donors (Lipinski definition) is 0. The fourth-order valence-corrected chi connectivity index (χ4v) is 3.00. The van der Waals surface area contributed by atoms with Crippen LogP contribution in [0.5, 0.6) is 0 Å². The van der Waals surface area contributed by atoms with Gasteiger partial charge < -0.3 is 14.1 Å². The van der Waals surface area contributed by atoms with Crippen LogP contribution in [0.25, 0.3) is 11.0 Å². The predicted octanol–water partition coefficient (Wildman–Crippen LogP) is 4.34. The Hall–Kier alpha value is -2.63. The van der Waals surface area contributed by atoms with Gasteiger partial charge in [0.25, 0.3) is 0 Å². The number of hydrogen-bond acceptors (Lipinski definition) is 6. The molecule has 0 saturated carbocycles. The van der Waals surface area contributed by atoms with E-state index in [1.165, 1.54) is 6.07 Å². The minimum Gasteiger partial charge on any atom is -0.466 e. The zero-order valence-corrected chi connectivity index (χ0v) is 17.0. The Labute approximate surface area is 165 Å². The van der Waals surface area contributed by atoms with Gasteiger partial charge in [0, 0.05) is 30.2 Å². The number of benzene rings is 1. The van der Waals surface area contributed by atoms with Gasteiger partial charge in [-0.1, -0.05) is 26.7 Å². The standard InChI is InChI=1S/C22H29NO5/c1-4-7-11-23(12-8-5-2)17-10-9-16-13-18(22(26)28-20(16)14-17)19(24)15-21(25)27-6-3/h9-10,13-14H,4-8,11-12,15H2,1-3H3. The van der Waals surface area contributed by atoms with Crippen molar-refractivity contribution < 1.29 is 18.7 Å². The molecule has 0 N–H and O–H groups in total. The molecule has 152 valence electrons. The summed E-state index contributed by atoms with van der Waals surface area (Å²) in [5, 5.41) is 0.654. The molecule has 0 aliphatic carbocycles. The molecule has 6 nitrogen and oxygen atoms in total. The number of Topliss-reactive ketones (excluding diaryl/α,β-unsaturated/α-hetero) is 1. The summed E-state index contributed by atoms with van der Waals surface area (Å²) < 4.78 is 10.2. The Morgan fingerprint density at radius 3 is 2.32 bits per heavy atom. The monoisotopic (exact) mass is 387 g/mol. The van der Waals surface area contributed by atoms with Gasteiger partial charge in [-0.15, -0.1) is 0 Å². The quantitative estimate of drug-likeness (QED) is 0.247. The van der Waals surface area contributed by atoms with E-state index in [1.807, 2.05) is 18.2 Å². The van der Waals surface area contributed by atoms with Gasteiger partial charge in [-0.2, -0.15) is 0 Å². The number of fused-ring (bicyclic) bond motifs is 1. The molecule has 0 saturated heterocycles. The Morgan fingerprint density at radius 1 is 1.04 bits per heavy atom. The molecule has 2 aromatic rings. The van der Waals surface area contributed by atoms with Crippen molar-refractivity contribution in [3.63, 3.8) is 0 Å². The maximum absolute atomic E-state index is 12.3. The highest BCUT2D eigenvalue weighted by Crippen LogP contribution is 2.23. The van der Waals surface area contributed by atoms with Crippen molar-refractivity contribution in [2.24, 2.45) is 0 Å². The van der Waals surface area contributed by atoms with Crippen molar-refractivity contribution >= 4 is 28.4 Å². The molecule has 0 atom stereocenters. The van der Waals surface area contributed by atoms with Crippen LogP contribution in [-0.2, 0) is 9.53 Å². The summed E-state index contributed by atoms with van der Waals surface area (Å²) in [6.07, 6.45) is 3.93. The first kappa shape index (κ1) is 21.7. The maximum Gasteiger partial charge on any atom is 0.347 e. The van der Waals surface area contributed by atoms with E-state index in [2.05, 4.69) is 18.7 Å². The molecule has 0 aliphatic rings. The van der Waals surface area contributed by atoms with Crippen molar-refractivity contribution in [1.82, 2.24) is 0 Å². The number of anilines is 1. The van der Waals surface area contributed by atoms with E-state index < -0.39 is 23.8 Å². The third-order valence-electron chi connectivity index (χ3n) is 4.56. The Bertz CT molecular complexity index is 863. The minimum atomic E-state index is -0.729. The van der Waals surface area contributed by atoms with Crippen LogP contribution in [0.4, 0.5) is 5.69 Å². The summed E-state index contributed by atoms with van der Waals surface area (Å²) >= 11 is 0. The van der Waals surface area contributed by atoms with Gasteiger partial charge in [-0.25, -0.2) is 4.79 Å². The first-order valence-electron chi connectivity index (χ1n) is 10.0. The molecule has 0 radical (unpaired) electrons. The van der Waals surface area contributed by atoms with Crippen LogP contribution in [0, 0.1) is 0 Å². The van der Waals surface area contributed by atoms with Gasteiger partial charge in [0.15, 0.2) is 5.78 Å². The van der Waals surface area contributed by atoms with Gasteiger partial charge in [-0.05, 0) is 38.0 Å². The molecule has 28 heavy (non-hydrogen) atoms. The molecule has 6 heteroatoms. The highest BCUT2D eigenvalue weighted by atomic mass is 16.5. The fraction of sp³-hybridized carbons (Fsp3) is 0.500. The molecule has 1 aromatic carbocycles. The van der Waals surface area contributed by atoms with Gasteiger partial charge >= 0.3 is 11.6 Å². The number of rotatable bonds is 11. The minimum absolute atomic E-state index is 0.123. The summed E-state index contributed by atoms with van der Waals surface area (Å²) in [7, 11) is 0. The number of carbonyl (C=O) groups is 2. The van der Waals surface area contributed by atoms with Crippen molar-refractivity contribution in [3.05, 3.63) is 40.2 Å². The van der Waals surface area contributed by atoms with Gasteiger partial charge in [-0.3, -0.25) is 9.59 Å². The third kappa shape index (κ3) is 5.68. The molecule has 2 rings (SSSR count). The van der Waals surface area contributed by atoms with Crippen LogP contribution in [0.3, 0.4) is 0 Å². The van der Waals surface area contributed by atoms with Crippen molar-refractivity contribution in [3.8, 4) is 0 Å². The number of unbranched alkanes of at least 4 members (excludes halogenated alkanes) is 2. The van der Waals surface area contributed by atoms with Gasteiger partial charge in [0.05, 0.1) is 6.61 Å². The van der Waals surface area contributed by atoms with Crippen LogP contribution in [0.1, 0.15) is 63.2 Å². The zero-order valence-electron chi connectivity index (χ0n) is 17.0. The largest absolute Gasteiger partial charge is 0.466 e. The van der Waals surface area contributed by atoms with Crippen molar-refractivity contribution in [2.45, 2.75) is 52.9 Å². The lowest BCUT2D eigenvalue weighted by Gasteiger charge is -2.24. The molecule has 1 heterocycles. The molecule has 0 aliphatic heterocycles. The SMILES string of the molecule is CCCCN(CCCC)c1ccc2cc(C(=O)CC(=O)OCC)c(=O)oc2c1. The molecule has 0 bridgehead atoms. The number of ketones is 1. The Kier molecular flexibility index (Phi) is 8.23. The van der Waals surface area contributed by atoms with E-state index in [0.717, 1.165) is 44.5 Å². The van der Waals surface area contributed by atoms with E-state index in [0.29, 0.717) is 11.0 Å². The van der Waals surface area contributed by atoms with Crippen molar-refractivity contribution in [2.75, 3.05) is 24.6 Å². The molecule has 0 spiro atoms. The van der Waals surface area contributed by atoms with Crippen LogP contribution < -0.4 is 10.5 Å². The van der Waals surface area contributed by atoms with E-state index in [4.69, 9.17) is 9.15 Å². The van der Waals surface area contributed by atoms with Gasteiger partial charge in [0.2, 0.25) is 0 Å². The summed E-state index contributed by atoms with van der Waals surface area (Å²) in [5.41, 5.74) is 0.589. The van der Waals surface area contributed by atoms with E-state index in [1.54, 1.807) is 6.92 Å². The van der Waals surface area contributed by atoms with E-state index in [9.17, 15) is 14.4 Å². The molecular weight excluding hydrogens is 358 g/mol. The molecule has 0 unspecified atom stereocenters. The molecule has 0 fully saturated rings. The second-order valence-electron chi connectivity index (χ2n) is 6.77. The smallest absolute Gasteiger partial charge is 0.347 e. The lowest BCUT2D eigenvalue weighted by atomic mass is 10.1. The zero-order chi connectivity index (χ0) is 20.5. The molecular formula is C22H29NO5. The fourth-order valence-electron chi connectivity index (χ4n) is 3.00. The third-order valence-corrected chi connectivity index (χ3v) is 4.56. The summed E-state index contributed by atoms with van der Waals surface area (Å²) in [5.74, 6) is -1.24. The van der Waals surface area contributed by atoms with E-state index >= 15 is 0 Å². The second kappa shape index (κ2) is 10.6. The summed E-state index contributed by atoms with van der Waals surface area (Å²) in [6, 6.07) is 7.17. The lowest BCUT2D eigenvalue weighted by molar-refractivity contribution is -0.141. The predicted molar refractivity (Wildman–Crippen MR) is 110 cm³/mol. The topological polar surface area (TPSA) is 76.8 Å².